The van der Waals surface area contributed by atoms with Gasteiger partial charge in [0.2, 0.25) is 0 Å². The van der Waals surface area contributed by atoms with Gasteiger partial charge in [-0.15, -0.1) is 5.92 Å². The van der Waals surface area contributed by atoms with Gasteiger partial charge in [0.25, 0.3) is 5.56 Å². The molecule has 38 heavy (non-hydrogen) atoms. The number of ether oxygens (including phenoxy) is 2. The SMILES string of the molecule is CC#C[C@H](O)[C@@H](COP(=S)(N[C@@H](C)C(=O)OC(C)C)Oc1ccccc1)O[C@H](CO)n1ccc(=O)[nH]c1=O. The van der Waals surface area contributed by atoms with E-state index in [1.807, 2.05) is 0 Å². The van der Waals surface area contributed by atoms with Crippen LogP contribution in [0.2, 0.25) is 0 Å². The second-order valence-electron chi connectivity index (χ2n) is 8.20. The maximum atomic E-state index is 12.4. The third-order valence-electron chi connectivity index (χ3n) is 4.73. The Morgan fingerprint density at radius 3 is 2.47 bits per heavy atom. The summed E-state index contributed by atoms with van der Waals surface area (Å²) in [5.74, 6) is 4.89. The van der Waals surface area contributed by atoms with Gasteiger partial charge in [0.05, 0.1) is 19.3 Å². The Kier molecular flexibility index (Phi) is 12.3. The van der Waals surface area contributed by atoms with Crippen LogP contribution in [0, 0.1) is 11.8 Å². The molecule has 1 aromatic carbocycles. The van der Waals surface area contributed by atoms with Crippen molar-refractivity contribution in [3.8, 4) is 17.6 Å². The molecular formula is C24H32N3O9PS. The number of esters is 1. The summed E-state index contributed by atoms with van der Waals surface area (Å²) in [7, 11) is 0. The molecule has 0 aliphatic heterocycles. The summed E-state index contributed by atoms with van der Waals surface area (Å²) in [6.07, 6.45) is -3.17. The Morgan fingerprint density at radius 2 is 1.89 bits per heavy atom. The van der Waals surface area contributed by atoms with Gasteiger partial charge in [0, 0.05) is 12.3 Å². The number of para-hydroxylation sites is 1. The topological polar surface area (TPSA) is 161 Å². The second-order valence-corrected chi connectivity index (χ2v) is 11.3. The number of benzene rings is 1. The molecule has 0 aliphatic rings. The van der Waals surface area contributed by atoms with Crippen LogP contribution in [0.5, 0.6) is 5.75 Å². The first-order valence-corrected chi connectivity index (χ1v) is 14.3. The van der Waals surface area contributed by atoms with Crippen molar-refractivity contribution >= 4 is 24.4 Å². The quantitative estimate of drug-likeness (QED) is 0.146. The largest absolute Gasteiger partial charge is 0.462 e. The van der Waals surface area contributed by atoms with Crippen molar-refractivity contribution in [1.29, 1.82) is 0 Å². The molecule has 12 nitrogen and oxygen atoms in total. The summed E-state index contributed by atoms with van der Waals surface area (Å²) in [6, 6.07) is 8.72. The first-order chi connectivity index (χ1) is 18.0. The lowest BCUT2D eigenvalue weighted by molar-refractivity contribution is -0.149. The van der Waals surface area contributed by atoms with Crippen molar-refractivity contribution in [3.05, 3.63) is 63.4 Å². The molecule has 0 saturated heterocycles. The molecule has 1 aromatic heterocycles. The molecule has 208 valence electrons. The molecule has 1 heterocycles. The molecule has 0 saturated carbocycles. The molecule has 0 amide bonds. The van der Waals surface area contributed by atoms with Crippen molar-refractivity contribution in [2.24, 2.45) is 0 Å². The lowest BCUT2D eigenvalue weighted by Crippen LogP contribution is -2.41. The second kappa shape index (κ2) is 14.9. The molecule has 0 aliphatic carbocycles. The van der Waals surface area contributed by atoms with Crippen LogP contribution < -0.4 is 20.9 Å². The van der Waals surface area contributed by atoms with Crippen molar-refractivity contribution in [2.75, 3.05) is 13.2 Å². The molecule has 2 rings (SSSR count). The fourth-order valence-corrected chi connectivity index (χ4v) is 5.42. The van der Waals surface area contributed by atoms with Crippen LogP contribution >= 0.6 is 6.64 Å². The molecule has 5 atom stereocenters. The van der Waals surface area contributed by atoms with Crippen LogP contribution in [-0.4, -0.2) is 63.3 Å². The smallest absolute Gasteiger partial charge is 0.330 e. The van der Waals surface area contributed by atoms with E-state index in [0.29, 0.717) is 5.75 Å². The average molecular weight is 570 g/mol. The monoisotopic (exact) mass is 569 g/mol. The average Bonchev–Trinajstić information content (AvgIpc) is 2.85. The van der Waals surface area contributed by atoms with E-state index >= 15 is 0 Å². The van der Waals surface area contributed by atoms with E-state index in [0.717, 1.165) is 16.8 Å². The number of hydrogen-bond acceptors (Lipinski definition) is 10. The van der Waals surface area contributed by atoms with E-state index in [1.54, 1.807) is 51.1 Å². The standard InChI is InChI=1S/C24H32N3O9PS/c1-5-9-19(29)20(35-22(14-28)27-13-12-21(30)25-24(27)32)15-33-37(38,36-18-10-7-6-8-11-18)26-17(4)23(31)34-16(2)3/h6-8,10-13,16-17,19-20,22,28-29H,14-15H2,1-4H3,(H,26,38)(H,25,30,32)/t17-,19-,20+,22+,37?/m0/s1. The number of rotatable bonds is 14. The Hall–Kier alpha value is -2.82. The maximum absolute atomic E-state index is 12.4. The highest BCUT2D eigenvalue weighted by Gasteiger charge is 2.32. The van der Waals surface area contributed by atoms with Gasteiger partial charge in [0.1, 0.15) is 24.0 Å². The highest BCUT2D eigenvalue weighted by atomic mass is 32.5. The van der Waals surface area contributed by atoms with Gasteiger partial charge in [-0.2, -0.15) is 0 Å². The third kappa shape index (κ3) is 9.81. The van der Waals surface area contributed by atoms with Crippen LogP contribution in [0.3, 0.4) is 0 Å². The molecule has 2 aromatic rings. The minimum Gasteiger partial charge on any atom is -0.462 e. The predicted molar refractivity (Wildman–Crippen MR) is 143 cm³/mol. The minimum absolute atomic E-state index is 0.354. The molecule has 14 heteroatoms. The fraction of sp³-hybridized carbons (Fsp3) is 0.458. The van der Waals surface area contributed by atoms with Gasteiger partial charge in [-0.3, -0.25) is 19.1 Å². The summed E-state index contributed by atoms with van der Waals surface area (Å²) >= 11 is 5.66. The number of H-pyrrole nitrogens is 1. The zero-order valence-corrected chi connectivity index (χ0v) is 23.1. The number of nitrogens with zero attached hydrogens (tertiary/aromatic N) is 1. The number of aromatic amines is 1. The number of aromatic nitrogens is 2. The Bertz CT molecular complexity index is 1270. The van der Waals surface area contributed by atoms with E-state index in [2.05, 4.69) is 21.9 Å². The number of carbonyl (C=O) groups excluding carboxylic acids is 1. The van der Waals surface area contributed by atoms with E-state index in [1.165, 1.54) is 6.92 Å². The zero-order chi connectivity index (χ0) is 28.3. The molecule has 4 N–H and O–H groups in total. The van der Waals surface area contributed by atoms with E-state index in [4.69, 9.17) is 30.3 Å². The fourth-order valence-electron chi connectivity index (χ4n) is 3.00. The van der Waals surface area contributed by atoms with Gasteiger partial charge in [0.15, 0.2) is 6.23 Å². The first-order valence-electron chi connectivity index (χ1n) is 11.6. The summed E-state index contributed by atoms with van der Waals surface area (Å²) < 4.78 is 23.8. The number of aliphatic hydroxyl groups excluding tert-OH is 2. The van der Waals surface area contributed by atoms with Crippen LogP contribution in [0.15, 0.2) is 52.2 Å². The molecule has 0 radical (unpaired) electrons. The number of hydrogen-bond donors (Lipinski definition) is 4. The van der Waals surface area contributed by atoms with Gasteiger partial charge >= 0.3 is 18.3 Å². The first kappa shape index (κ1) is 31.4. The number of nitrogens with one attached hydrogen (secondary N) is 2. The summed E-state index contributed by atoms with van der Waals surface area (Å²) in [5, 5.41) is 23.4. The highest BCUT2D eigenvalue weighted by molar-refractivity contribution is 8.09. The van der Waals surface area contributed by atoms with Gasteiger partial charge in [-0.05, 0) is 51.6 Å². The van der Waals surface area contributed by atoms with E-state index < -0.39 is 61.6 Å². The van der Waals surface area contributed by atoms with Crippen molar-refractivity contribution in [2.45, 2.75) is 58.3 Å². The predicted octanol–water partition coefficient (Wildman–Crippen LogP) is 1.05. The zero-order valence-electron chi connectivity index (χ0n) is 21.4. The van der Waals surface area contributed by atoms with Gasteiger partial charge in [-0.1, -0.05) is 24.1 Å². The Morgan fingerprint density at radius 1 is 1.21 bits per heavy atom. The number of aliphatic hydroxyl groups is 2. The molecule has 0 spiro atoms. The lowest BCUT2D eigenvalue weighted by Gasteiger charge is -2.30. The van der Waals surface area contributed by atoms with Gasteiger partial charge in [-0.25, -0.2) is 9.88 Å². The van der Waals surface area contributed by atoms with Crippen molar-refractivity contribution in [3.63, 3.8) is 0 Å². The van der Waals surface area contributed by atoms with Crippen molar-refractivity contribution in [1.82, 2.24) is 14.6 Å². The van der Waals surface area contributed by atoms with Crippen LogP contribution in [0.25, 0.3) is 0 Å². The van der Waals surface area contributed by atoms with E-state index in [9.17, 15) is 24.6 Å². The summed E-state index contributed by atoms with van der Waals surface area (Å²) in [6.45, 7) is 1.89. The van der Waals surface area contributed by atoms with E-state index in [-0.39, 0.29) is 6.10 Å². The maximum Gasteiger partial charge on any atom is 0.330 e. The Balaban J connectivity index is 2.31. The number of carbonyl (C=O) groups is 1. The third-order valence-corrected chi connectivity index (χ3v) is 7.23. The van der Waals surface area contributed by atoms with Crippen LogP contribution in [0.1, 0.15) is 33.9 Å². The summed E-state index contributed by atoms with van der Waals surface area (Å²) in [4.78, 5) is 38.1. The van der Waals surface area contributed by atoms with Gasteiger partial charge < -0.3 is 28.7 Å². The molecule has 1 unspecified atom stereocenters. The summed E-state index contributed by atoms with van der Waals surface area (Å²) in [5.41, 5.74) is -1.46. The highest BCUT2D eigenvalue weighted by Crippen LogP contribution is 2.45. The minimum atomic E-state index is -3.48. The Labute approximate surface area is 225 Å². The normalized spacial score (nSPS) is 15.9. The van der Waals surface area contributed by atoms with Crippen molar-refractivity contribution < 1.29 is 33.5 Å². The molecule has 0 bridgehead atoms. The lowest BCUT2D eigenvalue weighted by atomic mass is 10.2. The molecular weight excluding hydrogens is 537 g/mol. The van der Waals surface area contributed by atoms with Crippen LogP contribution in [-0.2, 0) is 30.6 Å². The molecule has 0 fully saturated rings. The van der Waals surface area contributed by atoms with Crippen LogP contribution in [0.4, 0.5) is 0 Å².